The van der Waals surface area contributed by atoms with Crippen molar-refractivity contribution in [2.24, 2.45) is 0 Å². The summed E-state index contributed by atoms with van der Waals surface area (Å²) in [7, 11) is 0. The van der Waals surface area contributed by atoms with Gasteiger partial charge in [-0.2, -0.15) is 0 Å². The smallest absolute Gasteiger partial charge is 0.0829 e. The first-order valence-electron chi connectivity index (χ1n) is 19.5. The molecule has 0 spiro atoms. The van der Waals surface area contributed by atoms with Crippen molar-refractivity contribution >= 4 is 76.7 Å². The number of rotatable bonds is 5. The average Bonchev–Trinajstić information content (AvgIpc) is 3.96. The zero-order chi connectivity index (χ0) is 37.5. The monoisotopic (exact) mass is 747 g/mol. The molecule has 0 amide bonds. The summed E-state index contributed by atoms with van der Waals surface area (Å²) >= 11 is 1.88. The van der Waals surface area contributed by atoms with Crippen molar-refractivity contribution in [3.8, 4) is 16.8 Å². The predicted molar refractivity (Wildman–Crippen MR) is 241 cm³/mol. The number of hydrogen-bond acceptors (Lipinski definition) is 2. The largest absolute Gasteiger partial charge is 0.652 e. The Morgan fingerprint density at radius 1 is 0.456 bits per heavy atom. The van der Waals surface area contributed by atoms with Crippen LogP contribution in [-0.2, 0) is 0 Å². The molecule has 0 radical (unpaired) electrons. The molecule has 5 heteroatoms. The maximum Gasteiger partial charge on any atom is 0.0829 e. The van der Waals surface area contributed by atoms with Crippen molar-refractivity contribution in [2.75, 3.05) is 0 Å². The highest BCUT2D eigenvalue weighted by Crippen LogP contribution is 2.50. The molecule has 0 bridgehead atoms. The second kappa shape index (κ2) is 12.9. The maximum atomic E-state index is 5.59. The first kappa shape index (κ1) is 32.5. The highest BCUT2D eigenvalue weighted by molar-refractivity contribution is 8.09. The van der Waals surface area contributed by atoms with Crippen LogP contribution in [0.5, 0.6) is 0 Å². The van der Waals surface area contributed by atoms with Gasteiger partial charge in [0.1, 0.15) is 0 Å². The highest BCUT2D eigenvalue weighted by atomic mass is 32.2. The fraction of sp³-hybridized carbons (Fsp3) is 0.0385. The number of nitrogens with zero attached hydrogens (tertiary/aromatic N) is 3. The molecule has 0 fully saturated rings. The third kappa shape index (κ3) is 5.20. The van der Waals surface area contributed by atoms with Crippen molar-refractivity contribution < 1.29 is 0 Å². The number of hydrogen-bond donors (Lipinski definition) is 1. The summed E-state index contributed by atoms with van der Waals surface area (Å²) in [5.41, 5.74) is 12.9. The van der Waals surface area contributed by atoms with Crippen molar-refractivity contribution in [3.05, 3.63) is 216 Å². The van der Waals surface area contributed by atoms with Gasteiger partial charge in [0, 0.05) is 49.5 Å². The number of aromatic nitrogens is 2. The van der Waals surface area contributed by atoms with E-state index in [2.05, 4.69) is 209 Å². The van der Waals surface area contributed by atoms with Crippen molar-refractivity contribution in [3.63, 3.8) is 0 Å². The summed E-state index contributed by atoms with van der Waals surface area (Å²) in [6.45, 7) is 0. The van der Waals surface area contributed by atoms with E-state index in [0.717, 1.165) is 16.8 Å². The third-order valence-electron chi connectivity index (χ3n) is 11.7. The summed E-state index contributed by atoms with van der Waals surface area (Å²) in [6, 6.07) is 68.1. The van der Waals surface area contributed by atoms with Gasteiger partial charge in [-0.1, -0.05) is 133 Å². The fourth-order valence-electron chi connectivity index (χ4n) is 9.04. The normalized spacial score (nSPS) is 16.8. The van der Waals surface area contributed by atoms with E-state index < -0.39 is 0 Å². The van der Waals surface area contributed by atoms with Crippen LogP contribution in [0.1, 0.15) is 17.4 Å². The SMILES string of the molecule is C1=C(c2ccccc2)SC2NC(n3c4ccc(-c5ccc6c(c5)c5ccccc5n6-c5ccccc5)cc4c4cc5ccccc5cc43)[N-]C(c3ccccc3)=C12. The van der Waals surface area contributed by atoms with E-state index in [0.29, 0.717) is 0 Å². The van der Waals surface area contributed by atoms with Crippen LogP contribution in [0.4, 0.5) is 0 Å². The predicted octanol–water partition coefficient (Wildman–Crippen LogP) is 13.7. The van der Waals surface area contributed by atoms with Gasteiger partial charge in [0.2, 0.25) is 0 Å². The molecule has 2 atom stereocenters. The molecule has 10 aromatic rings. The van der Waals surface area contributed by atoms with Gasteiger partial charge in [-0.05, 0) is 99.3 Å². The Labute approximate surface area is 334 Å². The van der Waals surface area contributed by atoms with E-state index in [-0.39, 0.29) is 11.7 Å². The van der Waals surface area contributed by atoms with Crippen molar-refractivity contribution in [1.29, 1.82) is 0 Å². The minimum absolute atomic E-state index is 0.0508. The van der Waals surface area contributed by atoms with E-state index >= 15 is 0 Å². The zero-order valence-electron chi connectivity index (χ0n) is 30.9. The molecule has 4 heterocycles. The lowest BCUT2D eigenvalue weighted by molar-refractivity contribution is 0.491. The van der Waals surface area contributed by atoms with Crippen LogP contribution < -0.4 is 5.32 Å². The molecular formula is C52H35N4S-. The molecule has 270 valence electrons. The molecule has 2 unspecified atom stereocenters. The number of fused-ring (bicyclic) bond motifs is 8. The number of benzene rings is 8. The quantitative estimate of drug-likeness (QED) is 0.190. The van der Waals surface area contributed by atoms with E-state index in [9.17, 15) is 0 Å². The standard InChI is InChI=1S/C52H35N4S/c1-4-14-33(15-5-1)49-32-44-50(34-16-6-2-7-17-34)53-52(54-51(44)57-49)56-47-27-25-38(30-42(47)43-28-35-18-10-11-19-36(35)31-48(43)56)37-24-26-46-41(29-37)40-22-12-13-23-45(40)55(46)39-20-8-3-9-21-39/h1-32,51-52,54H/q-1. The van der Waals surface area contributed by atoms with Crippen LogP contribution in [0.15, 0.2) is 200 Å². The van der Waals surface area contributed by atoms with E-state index in [1.165, 1.54) is 81.7 Å². The molecule has 4 nitrogen and oxygen atoms in total. The summed E-state index contributed by atoms with van der Waals surface area (Å²) in [6.07, 6.45) is 2.01. The molecule has 2 aliphatic heterocycles. The van der Waals surface area contributed by atoms with Crippen LogP contribution in [-0.4, -0.2) is 14.5 Å². The summed E-state index contributed by atoms with van der Waals surface area (Å²) in [5.74, 6) is 0. The summed E-state index contributed by atoms with van der Waals surface area (Å²) < 4.78 is 4.81. The lowest BCUT2D eigenvalue weighted by Crippen LogP contribution is -2.37. The Bertz CT molecular complexity index is 3270. The van der Waals surface area contributed by atoms with Gasteiger partial charge in [0.15, 0.2) is 0 Å². The van der Waals surface area contributed by atoms with E-state index in [1.54, 1.807) is 0 Å². The molecule has 2 aliphatic rings. The van der Waals surface area contributed by atoms with Gasteiger partial charge in [-0.3, -0.25) is 5.32 Å². The molecule has 0 saturated carbocycles. The van der Waals surface area contributed by atoms with Gasteiger partial charge in [-0.15, -0.1) is 17.5 Å². The van der Waals surface area contributed by atoms with E-state index in [1.807, 2.05) is 11.8 Å². The maximum absolute atomic E-state index is 5.59. The van der Waals surface area contributed by atoms with Gasteiger partial charge < -0.3 is 14.5 Å². The number of thioether (sulfide) groups is 1. The number of nitrogens with one attached hydrogen (secondary N) is 1. The minimum atomic E-state index is -0.322. The van der Waals surface area contributed by atoms with Gasteiger partial charge in [0.05, 0.1) is 16.4 Å². The van der Waals surface area contributed by atoms with Crippen LogP contribution in [0, 0.1) is 0 Å². The van der Waals surface area contributed by atoms with Gasteiger partial charge in [-0.25, -0.2) is 0 Å². The second-order valence-electron chi connectivity index (χ2n) is 15.0. The average molecular weight is 748 g/mol. The molecule has 12 rings (SSSR count). The Balaban J connectivity index is 1.03. The zero-order valence-corrected chi connectivity index (χ0v) is 31.7. The highest BCUT2D eigenvalue weighted by Gasteiger charge is 2.30. The second-order valence-corrected chi connectivity index (χ2v) is 16.1. The van der Waals surface area contributed by atoms with Crippen LogP contribution in [0.3, 0.4) is 0 Å². The lowest BCUT2D eigenvalue weighted by atomic mass is 10.00. The van der Waals surface area contributed by atoms with Crippen molar-refractivity contribution in [1.82, 2.24) is 14.5 Å². The molecular weight excluding hydrogens is 713 g/mol. The summed E-state index contributed by atoms with van der Waals surface area (Å²) in [4.78, 5) is 1.26. The molecule has 57 heavy (non-hydrogen) atoms. The van der Waals surface area contributed by atoms with Gasteiger partial charge in [0.25, 0.3) is 0 Å². The van der Waals surface area contributed by atoms with Crippen LogP contribution in [0.25, 0.3) is 87.1 Å². The van der Waals surface area contributed by atoms with Gasteiger partial charge >= 0.3 is 0 Å². The first-order valence-corrected chi connectivity index (χ1v) is 20.4. The lowest BCUT2D eigenvalue weighted by Gasteiger charge is -2.46. The van der Waals surface area contributed by atoms with Crippen molar-refractivity contribution in [2.45, 2.75) is 11.7 Å². The Morgan fingerprint density at radius 3 is 1.79 bits per heavy atom. The van der Waals surface area contributed by atoms with Crippen LogP contribution in [0.2, 0.25) is 0 Å². The Kier molecular flexibility index (Phi) is 7.34. The molecule has 0 saturated heterocycles. The Morgan fingerprint density at radius 2 is 1.04 bits per heavy atom. The molecule has 1 N–H and O–H groups in total. The molecule has 8 aromatic carbocycles. The Hall–Kier alpha value is -6.79. The first-order chi connectivity index (χ1) is 28.2. The minimum Gasteiger partial charge on any atom is -0.652 e. The van der Waals surface area contributed by atoms with E-state index in [4.69, 9.17) is 5.32 Å². The third-order valence-corrected chi connectivity index (χ3v) is 12.9. The molecule has 0 aliphatic carbocycles. The fourth-order valence-corrected chi connectivity index (χ4v) is 10.3. The number of para-hydroxylation sites is 2. The summed E-state index contributed by atoms with van der Waals surface area (Å²) in [5, 5.41) is 17.0. The molecule has 2 aromatic heterocycles. The topological polar surface area (TPSA) is 36.0 Å². The van der Waals surface area contributed by atoms with Crippen LogP contribution >= 0.6 is 11.8 Å².